The highest BCUT2D eigenvalue weighted by molar-refractivity contribution is 7.23. The molecule has 29 heavy (non-hydrogen) atoms. The summed E-state index contributed by atoms with van der Waals surface area (Å²) in [6.45, 7) is 0. The molecule has 0 aliphatic heterocycles. The van der Waals surface area contributed by atoms with Crippen molar-refractivity contribution in [2.75, 3.05) is 12.8 Å². The number of nitrogens with two attached hydrogens (primary N) is 1. The van der Waals surface area contributed by atoms with E-state index in [2.05, 4.69) is 15.1 Å². The minimum atomic E-state index is 0.256. The quantitative estimate of drug-likeness (QED) is 0.446. The van der Waals surface area contributed by atoms with Gasteiger partial charge in [-0.05, 0) is 30.3 Å². The highest BCUT2D eigenvalue weighted by Crippen LogP contribution is 2.31. The van der Waals surface area contributed by atoms with E-state index in [0.717, 1.165) is 26.2 Å². The molecule has 0 fully saturated rings. The molecule has 0 aliphatic rings. The molecule has 6 rings (SSSR count). The van der Waals surface area contributed by atoms with Gasteiger partial charge in [0, 0.05) is 0 Å². The molecule has 0 saturated heterocycles. The molecule has 6 aromatic rings. The van der Waals surface area contributed by atoms with E-state index in [-0.39, 0.29) is 5.49 Å². The average Bonchev–Trinajstić information content (AvgIpc) is 3.40. The van der Waals surface area contributed by atoms with Crippen LogP contribution >= 0.6 is 22.7 Å². The summed E-state index contributed by atoms with van der Waals surface area (Å²) in [5.41, 5.74) is 8.89. The van der Waals surface area contributed by atoms with Crippen LogP contribution < -0.4 is 16.0 Å². The van der Waals surface area contributed by atoms with Crippen molar-refractivity contribution in [1.82, 2.24) is 24.1 Å². The molecular weight excluding hydrogens is 406 g/mol. The van der Waals surface area contributed by atoms with Crippen molar-refractivity contribution in [3.8, 4) is 10.9 Å². The molecule has 8 nitrogen and oxygen atoms in total. The van der Waals surface area contributed by atoms with Crippen LogP contribution in [0.4, 0.5) is 5.82 Å². The number of thiazole rings is 2. The maximum atomic E-state index is 8.80. The van der Waals surface area contributed by atoms with Gasteiger partial charge in [0.2, 0.25) is 5.13 Å². The van der Waals surface area contributed by atoms with Gasteiger partial charge >= 0.3 is 0 Å². The van der Waals surface area contributed by atoms with Gasteiger partial charge in [0.1, 0.15) is 22.4 Å². The maximum absolute atomic E-state index is 8.80. The maximum Gasteiger partial charge on any atom is 0.213 e. The summed E-state index contributed by atoms with van der Waals surface area (Å²) in [6.07, 6.45) is 0. The molecule has 0 bridgehead atoms. The number of ether oxygens (including phenoxy) is 1. The third kappa shape index (κ3) is 2.23. The topological polar surface area (TPSA) is 107 Å². The Bertz CT molecular complexity index is 1610. The number of rotatable bonds is 2. The Labute approximate surface area is 170 Å². The number of hydrogen-bond acceptors (Lipinski definition) is 8. The first-order valence-corrected chi connectivity index (χ1v) is 10.4. The van der Waals surface area contributed by atoms with Gasteiger partial charge in [-0.15, -0.1) is 5.10 Å². The van der Waals surface area contributed by atoms with E-state index in [4.69, 9.17) is 15.9 Å². The summed E-state index contributed by atoms with van der Waals surface area (Å²) in [4.78, 5) is 9.98. The molecule has 0 unspecified atom stereocenters. The summed E-state index contributed by atoms with van der Waals surface area (Å²) in [7, 11) is 1.63. The van der Waals surface area contributed by atoms with Crippen LogP contribution in [-0.2, 0) is 0 Å². The minimum absolute atomic E-state index is 0.256. The van der Waals surface area contributed by atoms with E-state index in [9.17, 15) is 0 Å². The number of para-hydroxylation sites is 1. The van der Waals surface area contributed by atoms with Gasteiger partial charge in [-0.25, -0.2) is 4.98 Å². The molecule has 3 N–H and O–H groups in total. The van der Waals surface area contributed by atoms with Crippen molar-refractivity contribution < 1.29 is 4.74 Å². The SMILES string of the molecule is COc1ccc2c(c1)sc1nc3nn(-c4nc5ccccc5s4)c(N)c3c(=N)n12. The van der Waals surface area contributed by atoms with Gasteiger partial charge < -0.3 is 10.5 Å². The number of aromatic nitrogens is 5. The molecule has 4 heterocycles. The lowest BCUT2D eigenvalue weighted by molar-refractivity contribution is 0.415. The lowest BCUT2D eigenvalue weighted by Gasteiger charge is -2.00. The van der Waals surface area contributed by atoms with Crippen molar-refractivity contribution in [1.29, 1.82) is 5.41 Å². The number of methoxy groups -OCH3 is 1. The number of anilines is 1. The summed E-state index contributed by atoms with van der Waals surface area (Å²) in [6, 6.07) is 13.6. The minimum Gasteiger partial charge on any atom is -0.497 e. The molecule has 0 spiro atoms. The van der Waals surface area contributed by atoms with Crippen LogP contribution in [0.25, 0.3) is 41.6 Å². The highest BCUT2D eigenvalue weighted by atomic mass is 32.1. The zero-order valence-corrected chi connectivity index (χ0v) is 16.7. The Morgan fingerprint density at radius 1 is 1.07 bits per heavy atom. The van der Waals surface area contributed by atoms with Crippen molar-refractivity contribution in [3.63, 3.8) is 0 Å². The number of nitrogen functional groups attached to an aromatic ring is 1. The molecule has 2 aromatic carbocycles. The highest BCUT2D eigenvalue weighted by Gasteiger charge is 2.19. The van der Waals surface area contributed by atoms with Gasteiger partial charge in [0.15, 0.2) is 10.6 Å². The third-order valence-electron chi connectivity index (χ3n) is 4.83. The molecule has 0 atom stereocenters. The molecule has 0 radical (unpaired) electrons. The van der Waals surface area contributed by atoms with Crippen LogP contribution in [0.5, 0.6) is 5.75 Å². The normalized spacial score (nSPS) is 11.9. The van der Waals surface area contributed by atoms with Crippen molar-refractivity contribution in [2.24, 2.45) is 0 Å². The Morgan fingerprint density at radius 3 is 2.76 bits per heavy atom. The lowest BCUT2D eigenvalue weighted by Crippen LogP contribution is -2.14. The Kier molecular flexibility index (Phi) is 3.26. The lowest BCUT2D eigenvalue weighted by atomic mass is 10.3. The number of nitrogens with one attached hydrogen (secondary N) is 1. The molecule has 142 valence electrons. The predicted octanol–water partition coefficient (Wildman–Crippen LogP) is 3.57. The fourth-order valence-corrected chi connectivity index (χ4v) is 5.43. The molecule has 0 aliphatic carbocycles. The van der Waals surface area contributed by atoms with E-state index in [1.807, 2.05) is 42.5 Å². The van der Waals surface area contributed by atoms with Crippen LogP contribution in [0.3, 0.4) is 0 Å². The Balaban J connectivity index is 1.66. The molecule has 10 heteroatoms. The van der Waals surface area contributed by atoms with Crippen molar-refractivity contribution >= 4 is 64.9 Å². The van der Waals surface area contributed by atoms with Crippen molar-refractivity contribution in [3.05, 3.63) is 48.0 Å². The second-order valence-corrected chi connectivity index (χ2v) is 8.49. The first-order valence-electron chi connectivity index (χ1n) is 8.72. The van der Waals surface area contributed by atoms with Gasteiger partial charge in [0.05, 0.1) is 27.5 Å². The van der Waals surface area contributed by atoms with Crippen LogP contribution in [0.1, 0.15) is 0 Å². The fourth-order valence-electron chi connectivity index (χ4n) is 3.45. The van der Waals surface area contributed by atoms with E-state index in [1.54, 1.807) is 16.2 Å². The molecular formula is C19H13N7OS2. The average molecular weight is 419 g/mol. The Hall–Kier alpha value is -3.50. The van der Waals surface area contributed by atoms with Gasteiger partial charge in [-0.2, -0.15) is 9.67 Å². The second-order valence-electron chi connectivity index (χ2n) is 6.47. The smallest absolute Gasteiger partial charge is 0.213 e. The van der Waals surface area contributed by atoms with E-state index >= 15 is 0 Å². The first-order chi connectivity index (χ1) is 14.1. The monoisotopic (exact) mass is 419 g/mol. The van der Waals surface area contributed by atoms with Crippen LogP contribution in [0.15, 0.2) is 42.5 Å². The van der Waals surface area contributed by atoms with E-state index in [0.29, 0.717) is 26.9 Å². The zero-order valence-electron chi connectivity index (χ0n) is 15.1. The largest absolute Gasteiger partial charge is 0.497 e. The van der Waals surface area contributed by atoms with Crippen LogP contribution in [0, 0.1) is 5.41 Å². The fraction of sp³-hybridized carbons (Fsp3) is 0.0526. The third-order valence-corrected chi connectivity index (χ3v) is 6.84. The summed E-state index contributed by atoms with van der Waals surface area (Å²) in [5.74, 6) is 1.13. The number of fused-ring (bicyclic) bond motifs is 5. The molecule has 0 saturated carbocycles. The van der Waals surface area contributed by atoms with E-state index < -0.39 is 0 Å². The number of benzene rings is 2. The van der Waals surface area contributed by atoms with Gasteiger partial charge in [0.25, 0.3) is 0 Å². The Morgan fingerprint density at radius 2 is 1.93 bits per heavy atom. The van der Waals surface area contributed by atoms with Crippen LogP contribution in [0.2, 0.25) is 0 Å². The van der Waals surface area contributed by atoms with Gasteiger partial charge in [-0.3, -0.25) is 9.81 Å². The second kappa shape index (κ2) is 5.75. The van der Waals surface area contributed by atoms with Gasteiger partial charge in [-0.1, -0.05) is 34.8 Å². The summed E-state index contributed by atoms with van der Waals surface area (Å²) in [5, 5.41) is 14.5. The van der Waals surface area contributed by atoms with E-state index in [1.165, 1.54) is 22.7 Å². The van der Waals surface area contributed by atoms with Crippen molar-refractivity contribution in [2.45, 2.75) is 0 Å². The van der Waals surface area contributed by atoms with Crippen LogP contribution in [-0.4, -0.2) is 31.3 Å². The summed E-state index contributed by atoms with van der Waals surface area (Å²) < 4.78 is 10.7. The number of nitrogens with zero attached hydrogens (tertiary/aromatic N) is 5. The summed E-state index contributed by atoms with van der Waals surface area (Å²) >= 11 is 2.98. The number of hydrogen-bond donors (Lipinski definition) is 2. The zero-order chi connectivity index (χ0) is 19.7. The first kappa shape index (κ1) is 16.5. The molecule has 4 aromatic heterocycles. The standard InChI is InChI=1S/C19H13N7OS2/c1-27-9-6-7-11-13(8-9)29-18-23-17-14(15(20)25(11)18)16(21)26(24-17)19-22-10-4-2-3-5-12(10)28-19/h2-8,20H,21H2,1H3. The predicted molar refractivity (Wildman–Crippen MR) is 115 cm³/mol. The molecule has 0 amide bonds.